The van der Waals surface area contributed by atoms with Crippen molar-refractivity contribution in [2.24, 2.45) is 11.8 Å². The Morgan fingerprint density at radius 2 is 2.09 bits per heavy atom. The first kappa shape index (κ1) is 16.7. The molecule has 2 atom stereocenters. The smallest absolute Gasteiger partial charge is 0.308 e. The molecule has 23 heavy (non-hydrogen) atoms. The van der Waals surface area contributed by atoms with Gasteiger partial charge in [-0.25, -0.2) is 4.39 Å². The number of halogens is 1. The van der Waals surface area contributed by atoms with Crippen molar-refractivity contribution in [3.63, 3.8) is 0 Å². The predicted molar refractivity (Wildman–Crippen MR) is 78.3 cm³/mol. The van der Waals surface area contributed by atoms with Crippen LogP contribution < -0.4 is 5.73 Å². The van der Waals surface area contributed by atoms with E-state index in [1.54, 1.807) is 6.92 Å². The van der Waals surface area contributed by atoms with Gasteiger partial charge in [-0.1, -0.05) is 6.92 Å². The summed E-state index contributed by atoms with van der Waals surface area (Å²) in [6.45, 7) is 2.04. The van der Waals surface area contributed by atoms with E-state index in [0.717, 1.165) is 6.07 Å². The molecular weight excluding hydrogens is 309 g/mol. The van der Waals surface area contributed by atoms with Crippen LogP contribution in [0.2, 0.25) is 0 Å². The van der Waals surface area contributed by atoms with Crippen molar-refractivity contribution >= 4 is 23.3 Å². The number of nitrogens with two attached hydrogens (primary N) is 1. The summed E-state index contributed by atoms with van der Waals surface area (Å²) in [5, 5.41) is 20.0. The zero-order chi connectivity index (χ0) is 17.3. The number of carbonyl (C=O) groups is 2. The third kappa shape index (κ3) is 3.38. The molecule has 1 aliphatic rings. The molecule has 0 spiro atoms. The van der Waals surface area contributed by atoms with Crippen molar-refractivity contribution in [3.05, 3.63) is 33.6 Å². The maximum absolute atomic E-state index is 13.6. The first-order valence-corrected chi connectivity index (χ1v) is 6.96. The number of carboxylic acids is 1. The number of benzene rings is 1. The molecule has 2 rings (SSSR count). The van der Waals surface area contributed by atoms with Crippen molar-refractivity contribution in [2.45, 2.75) is 13.3 Å². The number of nitro benzene ring substituents is 1. The molecule has 1 aromatic carbocycles. The van der Waals surface area contributed by atoms with E-state index in [0.29, 0.717) is 12.5 Å². The van der Waals surface area contributed by atoms with E-state index in [1.165, 1.54) is 4.90 Å². The van der Waals surface area contributed by atoms with Gasteiger partial charge in [0, 0.05) is 13.1 Å². The van der Waals surface area contributed by atoms with Crippen LogP contribution in [0.5, 0.6) is 0 Å². The molecule has 124 valence electrons. The molecule has 0 aromatic heterocycles. The molecule has 2 unspecified atom stereocenters. The van der Waals surface area contributed by atoms with Crippen LogP contribution in [0.25, 0.3) is 0 Å². The lowest BCUT2D eigenvalue weighted by Gasteiger charge is -2.34. The van der Waals surface area contributed by atoms with Crippen LogP contribution in [-0.2, 0) is 4.79 Å². The number of anilines is 1. The van der Waals surface area contributed by atoms with E-state index < -0.39 is 39.9 Å². The third-order valence-electron chi connectivity index (χ3n) is 3.85. The quantitative estimate of drug-likeness (QED) is 0.492. The average Bonchev–Trinajstić information content (AvgIpc) is 2.47. The fourth-order valence-electron chi connectivity index (χ4n) is 2.80. The largest absolute Gasteiger partial charge is 0.481 e. The van der Waals surface area contributed by atoms with Gasteiger partial charge < -0.3 is 15.7 Å². The van der Waals surface area contributed by atoms with E-state index in [1.807, 2.05) is 0 Å². The highest BCUT2D eigenvalue weighted by Crippen LogP contribution is 2.30. The molecule has 1 fully saturated rings. The highest BCUT2D eigenvalue weighted by atomic mass is 19.1. The number of likely N-dealkylation sites (tertiary alicyclic amines) is 1. The minimum absolute atomic E-state index is 0.0394. The first-order chi connectivity index (χ1) is 10.7. The first-order valence-electron chi connectivity index (χ1n) is 6.96. The fourth-order valence-corrected chi connectivity index (χ4v) is 2.80. The van der Waals surface area contributed by atoms with Crippen LogP contribution in [0.15, 0.2) is 12.1 Å². The van der Waals surface area contributed by atoms with E-state index in [-0.39, 0.29) is 24.6 Å². The Hall–Kier alpha value is -2.71. The summed E-state index contributed by atoms with van der Waals surface area (Å²) in [5.74, 6) is -3.46. The molecule has 0 aliphatic carbocycles. The Morgan fingerprint density at radius 1 is 1.43 bits per heavy atom. The summed E-state index contributed by atoms with van der Waals surface area (Å²) in [4.78, 5) is 34.9. The maximum atomic E-state index is 13.6. The molecule has 1 aliphatic heterocycles. The third-order valence-corrected chi connectivity index (χ3v) is 3.85. The minimum Gasteiger partial charge on any atom is -0.481 e. The summed E-state index contributed by atoms with van der Waals surface area (Å²) >= 11 is 0. The van der Waals surface area contributed by atoms with Gasteiger partial charge in [0.05, 0.1) is 22.5 Å². The number of nitro groups is 1. The number of hydrogen-bond donors (Lipinski definition) is 2. The lowest BCUT2D eigenvalue weighted by Crippen LogP contribution is -2.45. The second kappa shape index (κ2) is 6.19. The second-order valence-electron chi connectivity index (χ2n) is 5.73. The van der Waals surface area contributed by atoms with Gasteiger partial charge in [-0.3, -0.25) is 19.7 Å². The molecule has 0 bridgehead atoms. The Balaban J connectivity index is 2.36. The Bertz CT molecular complexity index is 679. The molecule has 0 radical (unpaired) electrons. The highest BCUT2D eigenvalue weighted by molar-refractivity contribution is 6.01. The Morgan fingerprint density at radius 3 is 2.65 bits per heavy atom. The molecule has 1 saturated heterocycles. The van der Waals surface area contributed by atoms with Crippen molar-refractivity contribution in [1.82, 2.24) is 4.90 Å². The van der Waals surface area contributed by atoms with Gasteiger partial charge in [-0.15, -0.1) is 0 Å². The lowest BCUT2D eigenvalue weighted by molar-refractivity contribution is -0.384. The fraction of sp³-hybridized carbons (Fsp3) is 0.429. The normalized spacial score (nSPS) is 21.0. The number of nitrogens with zero attached hydrogens (tertiary/aromatic N) is 2. The number of hydrogen-bond acceptors (Lipinski definition) is 5. The van der Waals surface area contributed by atoms with Gasteiger partial charge in [0.2, 0.25) is 0 Å². The molecule has 0 saturated carbocycles. The monoisotopic (exact) mass is 325 g/mol. The second-order valence-corrected chi connectivity index (χ2v) is 5.73. The van der Waals surface area contributed by atoms with Gasteiger partial charge in [-0.2, -0.15) is 0 Å². The number of carboxylic acid groups (broad SMARTS) is 1. The average molecular weight is 325 g/mol. The van der Waals surface area contributed by atoms with E-state index >= 15 is 0 Å². The van der Waals surface area contributed by atoms with Gasteiger partial charge in [0.15, 0.2) is 0 Å². The number of rotatable bonds is 3. The Kier molecular flexibility index (Phi) is 4.48. The van der Waals surface area contributed by atoms with Gasteiger partial charge in [0.1, 0.15) is 11.5 Å². The van der Waals surface area contributed by atoms with Gasteiger partial charge >= 0.3 is 5.97 Å². The van der Waals surface area contributed by atoms with Gasteiger partial charge in [-0.05, 0) is 18.4 Å². The zero-order valence-electron chi connectivity index (χ0n) is 12.4. The standard InChI is InChI=1S/C14H16FN3O5/c1-7-2-8(14(20)21)6-17(5-7)13(19)10-3-9(15)4-11(12(10)16)18(22)23/h3-4,7-8H,2,5-6,16H2,1H3,(H,20,21). The van der Waals surface area contributed by atoms with E-state index in [4.69, 9.17) is 10.8 Å². The van der Waals surface area contributed by atoms with Gasteiger partial charge in [0.25, 0.3) is 11.6 Å². The van der Waals surface area contributed by atoms with Crippen LogP contribution >= 0.6 is 0 Å². The topological polar surface area (TPSA) is 127 Å². The minimum atomic E-state index is -1.02. The predicted octanol–water partition coefficient (Wildman–Crippen LogP) is 1.50. The SMILES string of the molecule is CC1CC(C(=O)O)CN(C(=O)c2cc(F)cc([N+](=O)[O-])c2N)C1. The van der Waals surface area contributed by atoms with Crippen molar-refractivity contribution in [3.8, 4) is 0 Å². The molecule has 1 amide bonds. The molecule has 1 heterocycles. The Labute approximate surface area is 130 Å². The molecular formula is C14H16FN3O5. The van der Waals surface area contributed by atoms with Crippen LogP contribution in [0, 0.1) is 27.8 Å². The summed E-state index contributed by atoms with van der Waals surface area (Å²) in [6, 6.07) is 1.48. The number of piperidine rings is 1. The number of carbonyl (C=O) groups excluding carboxylic acids is 1. The maximum Gasteiger partial charge on any atom is 0.308 e. The van der Waals surface area contributed by atoms with Crippen molar-refractivity contribution in [1.29, 1.82) is 0 Å². The van der Waals surface area contributed by atoms with Crippen LogP contribution in [0.1, 0.15) is 23.7 Å². The summed E-state index contributed by atoms with van der Waals surface area (Å²) in [6.07, 6.45) is 0.428. The van der Waals surface area contributed by atoms with Crippen molar-refractivity contribution in [2.75, 3.05) is 18.8 Å². The van der Waals surface area contributed by atoms with Crippen LogP contribution in [0.3, 0.4) is 0 Å². The summed E-state index contributed by atoms with van der Waals surface area (Å²) in [7, 11) is 0. The lowest BCUT2D eigenvalue weighted by atomic mass is 9.90. The molecule has 1 aromatic rings. The van der Waals surface area contributed by atoms with E-state index in [2.05, 4.69) is 0 Å². The van der Waals surface area contributed by atoms with Crippen LogP contribution in [-0.4, -0.2) is 39.9 Å². The highest BCUT2D eigenvalue weighted by Gasteiger charge is 2.34. The van der Waals surface area contributed by atoms with Crippen molar-refractivity contribution < 1.29 is 24.0 Å². The number of nitrogen functional groups attached to an aromatic ring is 1. The zero-order valence-corrected chi connectivity index (χ0v) is 12.4. The number of aliphatic carboxylic acids is 1. The van der Waals surface area contributed by atoms with E-state index in [9.17, 15) is 24.1 Å². The molecule has 9 heteroatoms. The molecule has 8 nitrogen and oxygen atoms in total. The number of amides is 1. The molecule has 3 N–H and O–H groups in total. The summed E-state index contributed by atoms with van der Waals surface area (Å²) in [5.41, 5.74) is 4.18. The summed E-state index contributed by atoms with van der Waals surface area (Å²) < 4.78 is 13.6. The van der Waals surface area contributed by atoms with Crippen LogP contribution in [0.4, 0.5) is 15.8 Å².